The Bertz CT molecular complexity index is 1080. The second-order valence-corrected chi connectivity index (χ2v) is 8.80. The first-order valence-electron chi connectivity index (χ1n) is 10.7. The number of nitrogens with zero attached hydrogens (tertiary/aromatic N) is 1. The number of thiocarbonyl (C=S) groups is 1. The summed E-state index contributed by atoms with van der Waals surface area (Å²) in [7, 11) is 0. The van der Waals surface area contributed by atoms with Gasteiger partial charge in [-0.15, -0.1) is 11.3 Å². The standard InChI is InChI=1S/C24H25N3O3S2/c1-2-3-4-7-16-10-12-17(13-11-16)25-24(31)27-22(28)18-15-32-23(26-18)21-14-29-19-8-5-6-9-20(19)30-21/h5-6,8-13,15,21H,2-4,7,14H2,1H3,(H2,25,27,28,31). The van der Waals surface area contributed by atoms with E-state index in [2.05, 4.69) is 34.7 Å². The number of benzene rings is 2. The van der Waals surface area contributed by atoms with E-state index >= 15 is 0 Å². The maximum Gasteiger partial charge on any atom is 0.276 e. The van der Waals surface area contributed by atoms with Crippen LogP contribution in [0.5, 0.6) is 11.5 Å². The molecule has 2 N–H and O–H groups in total. The van der Waals surface area contributed by atoms with Crippen molar-refractivity contribution in [2.24, 2.45) is 0 Å². The van der Waals surface area contributed by atoms with Crippen LogP contribution in [0.3, 0.4) is 0 Å². The van der Waals surface area contributed by atoms with Gasteiger partial charge in [0.25, 0.3) is 5.91 Å². The van der Waals surface area contributed by atoms with E-state index < -0.39 is 0 Å². The Morgan fingerprint density at radius 3 is 2.72 bits per heavy atom. The van der Waals surface area contributed by atoms with Crippen LogP contribution in [-0.4, -0.2) is 22.6 Å². The number of nitrogens with one attached hydrogen (secondary N) is 2. The summed E-state index contributed by atoms with van der Waals surface area (Å²) in [4.78, 5) is 17.0. The number of rotatable bonds is 7. The Hall–Kier alpha value is -2.97. The Labute approximate surface area is 197 Å². The molecule has 2 aromatic carbocycles. The molecule has 0 fully saturated rings. The fourth-order valence-electron chi connectivity index (χ4n) is 3.34. The van der Waals surface area contributed by atoms with Gasteiger partial charge in [0.15, 0.2) is 22.7 Å². The van der Waals surface area contributed by atoms with Crippen molar-refractivity contribution in [3.63, 3.8) is 0 Å². The number of carbonyl (C=O) groups is 1. The molecule has 1 amide bonds. The zero-order valence-corrected chi connectivity index (χ0v) is 19.4. The highest BCUT2D eigenvalue weighted by Crippen LogP contribution is 2.36. The molecule has 0 saturated heterocycles. The van der Waals surface area contributed by atoms with Crippen LogP contribution in [0.1, 0.15) is 53.3 Å². The van der Waals surface area contributed by atoms with E-state index in [1.165, 1.54) is 36.2 Å². The third kappa shape index (κ3) is 5.63. The average Bonchev–Trinajstić information content (AvgIpc) is 3.31. The summed E-state index contributed by atoms with van der Waals surface area (Å²) >= 11 is 6.65. The fourth-order valence-corrected chi connectivity index (χ4v) is 4.37. The third-order valence-corrected chi connectivity index (χ3v) is 6.19. The van der Waals surface area contributed by atoms with Crippen LogP contribution >= 0.6 is 23.6 Å². The van der Waals surface area contributed by atoms with Crippen molar-refractivity contribution in [3.05, 3.63) is 70.2 Å². The lowest BCUT2D eigenvalue weighted by atomic mass is 10.1. The molecule has 0 aliphatic carbocycles. The molecule has 1 aliphatic heterocycles. The van der Waals surface area contributed by atoms with Gasteiger partial charge >= 0.3 is 0 Å². The number of unbranched alkanes of at least 4 members (excludes halogenated alkanes) is 2. The first-order chi connectivity index (χ1) is 15.6. The predicted octanol–water partition coefficient (Wildman–Crippen LogP) is 5.52. The maximum absolute atomic E-state index is 12.6. The molecule has 0 saturated carbocycles. The summed E-state index contributed by atoms with van der Waals surface area (Å²) in [6.45, 7) is 2.55. The number of aromatic nitrogens is 1. The Morgan fingerprint density at radius 2 is 1.94 bits per heavy atom. The van der Waals surface area contributed by atoms with Crippen molar-refractivity contribution in [1.82, 2.24) is 10.3 Å². The van der Waals surface area contributed by atoms with E-state index in [-0.39, 0.29) is 17.1 Å². The van der Waals surface area contributed by atoms with Crippen molar-refractivity contribution < 1.29 is 14.3 Å². The molecule has 4 rings (SSSR count). The Balaban J connectivity index is 1.30. The van der Waals surface area contributed by atoms with Gasteiger partial charge in [0.1, 0.15) is 17.3 Å². The molecule has 0 radical (unpaired) electrons. The average molecular weight is 468 g/mol. The largest absolute Gasteiger partial charge is 0.485 e. The van der Waals surface area contributed by atoms with Gasteiger partial charge in [0, 0.05) is 11.1 Å². The zero-order valence-electron chi connectivity index (χ0n) is 17.8. The summed E-state index contributed by atoms with van der Waals surface area (Å²) in [5.74, 6) is 1.02. The predicted molar refractivity (Wildman–Crippen MR) is 131 cm³/mol. The van der Waals surface area contributed by atoms with Crippen molar-refractivity contribution in [2.75, 3.05) is 11.9 Å². The topological polar surface area (TPSA) is 72.5 Å². The van der Waals surface area contributed by atoms with Gasteiger partial charge in [-0.3, -0.25) is 10.1 Å². The van der Waals surface area contributed by atoms with E-state index in [1.54, 1.807) is 5.38 Å². The van der Waals surface area contributed by atoms with Crippen LogP contribution in [0.15, 0.2) is 53.9 Å². The van der Waals surface area contributed by atoms with Gasteiger partial charge in [0.05, 0.1) is 0 Å². The van der Waals surface area contributed by atoms with Gasteiger partial charge in [-0.1, -0.05) is 44.0 Å². The number of para-hydroxylation sites is 2. The summed E-state index contributed by atoms with van der Waals surface area (Å²) in [5.41, 5.74) is 2.42. The lowest BCUT2D eigenvalue weighted by Gasteiger charge is -2.24. The third-order valence-electron chi connectivity index (χ3n) is 5.05. The van der Waals surface area contributed by atoms with E-state index in [0.717, 1.165) is 12.1 Å². The van der Waals surface area contributed by atoms with Crippen LogP contribution in [0.25, 0.3) is 0 Å². The molecular weight excluding hydrogens is 442 g/mol. The van der Waals surface area contributed by atoms with Gasteiger partial charge in [-0.25, -0.2) is 4.98 Å². The van der Waals surface area contributed by atoms with Crippen LogP contribution in [0.2, 0.25) is 0 Å². The number of thiazole rings is 1. The first-order valence-corrected chi connectivity index (χ1v) is 12.0. The summed E-state index contributed by atoms with van der Waals surface area (Å²) in [6.07, 6.45) is 4.36. The van der Waals surface area contributed by atoms with E-state index in [4.69, 9.17) is 21.7 Å². The number of amides is 1. The molecule has 1 aromatic heterocycles. The summed E-state index contributed by atoms with van der Waals surface area (Å²) in [5, 5.41) is 8.35. The van der Waals surface area contributed by atoms with Gasteiger partial charge in [-0.05, 0) is 54.9 Å². The Kier molecular flexibility index (Phi) is 7.34. The van der Waals surface area contributed by atoms with Crippen LogP contribution < -0.4 is 20.1 Å². The number of hydrogen-bond donors (Lipinski definition) is 2. The second-order valence-electron chi connectivity index (χ2n) is 7.50. The van der Waals surface area contributed by atoms with E-state index in [9.17, 15) is 4.79 Å². The number of hydrogen-bond acceptors (Lipinski definition) is 6. The highest BCUT2D eigenvalue weighted by molar-refractivity contribution is 7.80. The summed E-state index contributed by atoms with van der Waals surface area (Å²) < 4.78 is 11.7. The lowest BCUT2D eigenvalue weighted by Crippen LogP contribution is -2.34. The highest BCUT2D eigenvalue weighted by atomic mass is 32.1. The molecule has 6 nitrogen and oxygen atoms in total. The number of carbonyl (C=O) groups excluding carboxylic acids is 1. The van der Waals surface area contributed by atoms with E-state index in [1.807, 2.05) is 36.4 Å². The van der Waals surface area contributed by atoms with E-state index in [0.29, 0.717) is 28.8 Å². The summed E-state index contributed by atoms with van der Waals surface area (Å²) in [6, 6.07) is 15.6. The Morgan fingerprint density at radius 1 is 1.16 bits per heavy atom. The van der Waals surface area contributed by atoms with Crippen LogP contribution in [0.4, 0.5) is 5.69 Å². The first kappa shape index (κ1) is 22.2. The van der Waals surface area contributed by atoms with Crippen LogP contribution in [0, 0.1) is 0 Å². The molecule has 1 unspecified atom stereocenters. The van der Waals surface area contributed by atoms with Gasteiger partial charge in [-0.2, -0.15) is 0 Å². The molecule has 1 atom stereocenters. The molecule has 3 aromatic rings. The molecule has 1 aliphatic rings. The fraction of sp³-hybridized carbons (Fsp3) is 0.292. The highest BCUT2D eigenvalue weighted by Gasteiger charge is 2.26. The molecular formula is C24H25N3O3S2. The van der Waals surface area contributed by atoms with Gasteiger partial charge in [0.2, 0.25) is 0 Å². The molecule has 166 valence electrons. The number of anilines is 1. The molecule has 8 heteroatoms. The minimum Gasteiger partial charge on any atom is -0.485 e. The molecule has 0 bridgehead atoms. The molecule has 0 spiro atoms. The lowest BCUT2D eigenvalue weighted by molar-refractivity contribution is 0.0902. The normalized spacial score (nSPS) is 14.6. The minimum atomic E-state index is -0.363. The minimum absolute atomic E-state index is 0.231. The molecule has 32 heavy (non-hydrogen) atoms. The number of aryl methyl sites for hydroxylation is 1. The van der Waals surface area contributed by atoms with Crippen molar-refractivity contribution in [2.45, 2.75) is 38.7 Å². The van der Waals surface area contributed by atoms with Crippen molar-refractivity contribution in [1.29, 1.82) is 0 Å². The van der Waals surface area contributed by atoms with Gasteiger partial charge < -0.3 is 14.8 Å². The monoisotopic (exact) mass is 467 g/mol. The van der Waals surface area contributed by atoms with Crippen molar-refractivity contribution >= 4 is 40.3 Å². The molecule has 2 heterocycles. The zero-order chi connectivity index (χ0) is 22.3. The van der Waals surface area contributed by atoms with Crippen LogP contribution in [-0.2, 0) is 6.42 Å². The number of ether oxygens (including phenoxy) is 2. The quantitative estimate of drug-likeness (QED) is 0.352. The second kappa shape index (κ2) is 10.6. The number of fused-ring (bicyclic) bond motifs is 1. The smallest absolute Gasteiger partial charge is 0.276 e. The SMILES string of the molecule is CCCCCc1ccc(NC(=S)NC(=O)c2csc(C3COc4ccccc4O3)n2)cc1. The van der Waals surface area contributed by atoms with Crippen molar-refractivity contribution in [3.8, 4) is 11.5 Å². The maximum atomic E-state index is 12.6.